The lowest BCUT2D eigenvalue weighted by Gasteiger charge is -2.11. The van der Waals surface area contributed by atoms with Crippen molar-refractivity contribution in [2.45, 2.75) is 16.6 Å². The minimum atomic E-state index is -4.06. The number of benzene rings is 2. The zero-order valence-electron chi connectivity index (χ0n) is 12.8. The van der Waals surface area contributed by atoms with Gasteiger partial charge in [-0.15, -0.1) is 11.8 Å². The molecule has 1 aliphatic heterocycles. The summed E-state index contributed by atoms with van der Waals surface area (Å²) in [5.74, 6) is -1.88. The number of aliphatic carboxylic acids is 1. The minimum Gasteiger partial charge on any atom is -0.477 e. The Morgan fingerprint density at radius 2 is 1.88 bits per heavy atom. The molecule has 0 bridgehead atoms. The number of nitrogens with one attached hydrogen (secondary N) is 1. The molecule has 0 spiro atoms. The third-order valence-corrected chi connectivity index (χ3v) is 6.42. The summed E-state index contributed by atoms with van der Waals surface area (Å²) >= 11 is 1.10. The molecule has 0 saturated carbocycles. The van der Waals surface area contributed by atoms with E-state index in [4.69, 9.17) is 0 Å². The SMILES string of the molecule is O=C(O)C1=C(NS(=O)(=O)c2cccc(F)c2)CC(c2ccccc2)S1. The third-order valence-electron chi connectivity index (χ3n) is 3.65. The third kappa shape index (κ3) is 3.85. The Hall–Kier alpha value is -2.32. The minimum absolute atomic E-state index is 0.0474. The number of halogens is 1. The summed E-state index contributed by atoms with van der Waals surface area (Å²) in [6.45, 7) is 0. The van der Waals surface area contributed by atoms with Crippen LogP contribution in [-0.2, 0) is 14.8 Å². The van der Waals surface area contributed by atoms with Crippen LogP contribution < -0.4 is 4.72 Å². The first-order valence-corrected chi connectivity index (χ1v) is 9.69. The predicted molar refractivity (Wildman–Crippen MR) is 92.8 cm³/mol. The van der Waals surface area contributed by atoms with E-state index in [1.165, 1.54) is 12.1 Å². The largest absolute Gasteiger partial charge is 0.477 e. The Bertz CT molecular complexity index is 942. The predicted octanol–water partition coefficient (Wildman–Crippen LogP) is 3.28. The van der Waals surface area contributed by atoms with E-state index in [0.717, 1.165) is 29.5 Å². The van der Waals surface area contributed by atoms with Crippen LogP contribution in [0, 0.1) is 5.82 Å². The highest BCUT2D eigenvalue weighted by atomic mass is 32.2. The lowest BCUT2D eigenvalue weighted by Crippen LogP contribution is -2.24. The number of thioether (sulfide) groups is 1. The van der Waals surface area contributed by atoms with Crippen LogP contribution in [0.5, 0.6) is 0 Å². The topological polar surface area (TPSA) is 83.5 Å². The van der Waals surface area contributed by atoms with Crippen molar-refractivity contribution < 1.29 is 22.7 Å². The molecular formula is C17H14FNO4S2. The normalized spacial score (nSPS) is 17.6. The van der Waals surface area contributed by atoms with Crippen LogP contribution in [0.15, 0.2) is 70.1 Å². The van der Waals surface area contributed by atoms with Gasteiger partial charge in [0.2, 0.25) is 0 Å². The van der Waals surface area contributed by atoms with Gasteiger partial charge >= 0.3 is 5.97 Å². The summed E-state index contributed by atoms with van der Waals surface area (Å²) in [4.78, 5) is 11.2. The van der Waals surface area contributed by atoms with Gasteiger partial charge in [-0.05, 0) is 23.8 Å². The molecule has 0 fully saturated rings. The van der Waals surface area contributed by atoms with Gasteiger partial charge in [0.05, 0.1) is 4.90 Å². The van der Waals surface area contributed by atoms with E-state index in [0.29, 0.717) is 0 Å². The Morgan fingerprint density at radius 1 is 1.16 bits per heavy atom. The number of allylic oxidation sites excluding steroid dienone is 1. The van der Waals surface area contributed by atoms with Crippen LogP contribution in [0.1, 0.15) is 17.2 Å². The molecule has 2 aromatic carbocycles. The van der Waals surface area contributed by atoms with E-state index in [1.54, 1.807) is 0 Å². The lowest BCUT2D eigenvalue weighted by atomic mass is 10.1. The van der Waals surface area contributed by atoms with Crippen LogP contribution in [0.2, 0.25) is 0 Å². The summed E-state index contributed by atoms with van der Waals surface area (Å²) in [6, 6.07) is 13.8. The van der Waals surface area contributed by atoms with Crippen molar-refractivity contribution >= 4 is 27.8 Å². The maximum atomic E-state index is 13.3. The summed E-state index contributed by atoms with van der Waals surface area (Å²) in [5.41, 5.74) is 1.02. The van der Waals surface area contributed by atoms with Crippen molar-refractivity contribution in [1.29, 1.82) is 0 Å². The number of rotatable bonds is 5. The van der Waals surface area contributed by atoms with E-state index < -0.39 is 21.8 Å². The highest BCUT2D eigenvalue weighted by Crippen LogP contribution is 2.47. The number of hydrogen-bond acceptors (Lipinski definition) is 4. The molecule has 25 heavy (non-hydrogen) atoms. The summed E-state index contributed by atoms with van der Waals surface area (Å²) in [6.07, 6.45) is 0.227. The van der Waals surface area contributed by atoms with Crippen LogP contribution in [-0.4, -0.2) is 19.5 Å². The van der Waals surface area contributed by atoms with Crippen molar-refractivity contribution in [1.82, 2.24) is 4.72 Å². The summed E-state index contributed by atoms with van der Waals surface area (Å²) < 4.78 is 40.5. The zero-order chi connectivity index (χ0) is 18.0. The Balaban J connectivity index is 1.89. The number of carbonyl (C=O) groups is 1. The smallest absolute Gasteiger partial charge is 0.344 e. The second kappa shape index (κ2) is 6.89. The van der Waals surface area contributed by atoms with Gasteiger partial charge in [-0.2, -0.15) is 0 Å². The molecular weight excluding hydrogens is 365 g/mol. The van der Waals surface area contributed by atoms with Crippen molar-refractivity contribution in [3.05, 3.63) is 76.6 Å². The van der Waals surface area contributed by atoms with Crippen LogP contribution in [0.3, 0.4) is 0 Å². The van der Waals surface area contributed by atoms with E-state index >= 15 is 0 Å². The fraction of sp³-hybridized carbons (Fsp3) is 0.118. The highest BCUT2D eigenvalue weighted by molar-refractivity contribution is 8.04. The molecule has 1 atom stereocenters. The second-order valence-electron chi connectivity index (χ2n) is 5.40. The number of carboxylic acids is 1. The average Bonchev–Trinajstić information content (AvgIpc) is 2.99. The molecule has 0 amide bonds. The Labute approximate surface area is 148 Å². The first-order valence-electron chi connectivity index (χ1n) is 7.33. The molecule has 5 nitrogen and oxygen atoms in total. The second-order valence-corrected chi connectivity index (χ2v) is 8.29. The zero-order valence-corrected chi connectivity index (χ0v) is 14.5. The molecule has 2 N–H and O–H groups in total. The summed E-state index contributed by atoms with van der Waals surface area (Å²) in [7, 11) is -4.06. The molecule has 0 radical (unpaired) electrons. The van der Waals surface area contributed by atoms with Crippen LogP contribution in [0.4, 0.5) is 4.39 Å². The van der Waals surface area contributed by atoms with Gasteiger partial charge in [0.25, 0.3) is 10.0 Å². The van der Waals surface area contributed by atoms with Gasteiger partial charge in [-0.25, -0.2) is 17.6 Å². The molecule has 0 aliphatic carbocycles. The number of carboxylic acid groups (broad SMARTS) is 1. The molecule has 8 heteroatoms. The molecule has 3 rings (SSSR count). The van der Waals surface area contributed by atoms with Crippen LogP contribution in [0.25, 0.3) is 0 Å². The first-order chi connectivity index (χ1) is 11.9. The number of hydrogen-bond donors (Lipinski definition) is 2. The maximum Gasteiger partial charge on any atom is 0.344 e. The van der Waals surface area contributed by atoms with Gasteiger partial charge in [0.15, 0.2) is 0 Å². The molecule has 1 aliphatic rings. The Morgan fingerprint density at radius 3 is 2.52 bits per heavy atom. The van der Waals surface area contributed by atoms with E-state index in [-0.39, 0.29) is 27.2 Å². The van der Waals surface area contributed by atoms with E-state index in [2.05, 4.69) is 4.72 Å². The molecule has 130 valence electrons. The van der Waals surface area contributed by atoms with Gasteiger partial charge in [-0.1, -0.05) is 36.4 Å². The molecule has 0 aromatic heterocycles. The molecule has 2 aromatic rings. The number of sulfonamides is 1. The van der Waals surface area contributed by atoms with Crippen LogP contribution >= 0.6 is 11.8 Å². The maximum absolute atomic E-state index is 13.3. The van der Waals surface area contributed by atoms with Gasteiger partial charge in [-0.3, -0.25) is 4.72 Å². The van der Waals surface area contributed by atoms with E-state index in [1.807, 2.05) is 30.3 Å². The molecule has 0 saturated heterocycles. The average molecular weight is 379 g/mol. The Kier molecular flexibility index (Phi) is 4.82. The first kappa shape index (κ1) is 17.5. The van der Waals surface area contributed by atoms with Gasteiger partial charge in [0, 0.05) is 17.4 Å². The summed E-state index contributed by atoms with van der Waals surface area (Å²) in [5, 5.41) is 9.19. The fourth-order valence-electron chi connectivity index (χ4n) is 2.51. The molecule has 1 heterocycles. The van der Waals surface area contributed by atoms with Crippen molar-refractivity contribution in [3.8, 4) is 0 Å². The fourth-order valence-corrected chi connectivity index (χ4v) is 4.93. The standard InChI is InChI=1S/C17H14FNO4S2/c18-12-7-4-8-13(9-12)25(22,23)19-14-10-15(24-16(14)17(20)21)11-5-2-1-3-6-11/h1-9,15,19H,10H2,(H,20,21). The monoisotopic (exact) mass is 379 g/mol. The molecule has 1 unspecified atom stereocenters. The van der Waals surface area contributed by atoms with Gasteiger partial charge < -0.3 is 5.11 Å². The van der Waals surface area contributed by atoms with Crippen molar-refractivity contribution in [2.75, 3.05) is 0 Å². The quantitative estimate of drug-likeness (QED) is 0.833. The van der Waals surface area contributed by atoms with Crippen molar-refractivity contribution in [2.24, 2.45) is 0 Å². The highest BCUT2D eigenvalue weighted by Gasteiger charge is 2.32. The van der Waals surface area contributed by atoms with E-state index in [9.17, 15) is 22.7 Å². The lowest BCUT2D eigenvalue weighted by molar-refractivity contribution is -0.131. The van der Waals surface area contributed by atoms with Gasteiger partial charge in [0.1, 0.15) is 10.7 Å². The van der Waals surface area contributed by atoms with Crippen molar-refractivity contribution in [3.63, 3.8) is 0 Å².